The summed E-state index contributed by atoms with van der Waals surface area (Å²) >= 11 is 1.44. The minimum absolute atomic E-state index is 0.0338. The lowest BCUT2D eigenvalue weighted by Gasteiger charge is -2.47. The Balaban J connectivity index is 0.895. The van der Waals surface area contributed by atoms with Crippen molar-refractivity contribution in [1.29, 1.82) is 0 Å². The molecule has 414 valence electrons. The molecule has 0 radical (unpaired) electrons. The fourth-order valence-corrected chi connectivity index (χ4v) is 14.0. The van der Waals surface area contributed by atoms with E-state index in [1.54, 1.807) is 27.9 Å². The molecule has 4 fully saturated rings. The number of hydrazine groups is 1. The lowest BCUT2D eigenvalue weighted by Crippen LogP contribution is -2.61. The van der Waals surface area contributed by atoms with Gasteiger partial charge in [0, 0.05) is 71.1 Å². The minimum Gasteiger partial charge on any atom is -0.464 e. The van der Waals surface area contributed by atoms with Gasteiger partial charge in [-0.15, -0.1) is 11.3 Å². The molecule has 3 saturated heterocycles. The predicted octanol–water partition coefficient (Wildman–Crippen LogP) is 10.8. The maximum absolute atomic E-state index is 14.5. The SMILES string of the molecule is CCn1c(-c2cc(C3C[C@H]4COC[C@@H](C3)N4C(=O)OCC3c4ccccc4-c4ccccc43)cnc2[C@H](C)OC)c2c3cc(ccc31)-c1csc(n1)[C@@H](C)[C@H](NC(=O)OC(C)(C)C)C(=O)N1CCC[C@H](N1)C(=O)OCC1(CC1)C2. The van der Waals surface area contributed by atoms with Crippen molar-refractivity contribution in [3.8, 4) is 33.6 Å². The number of carbonyl (C=O) groups is 4. The van der Waals surface area contributed by atoms with E-state index in [4.69, 9.17) is 33.7 Å². The number of morpholine rings is 1. The topological polar surface area (TPSA) is 176 Å². The van der Waals surface area contributed by atoms with Crippen LogP contribution in [0, 0.1) is 5.41 Å². The van der Waals surface area contributed by atoms with Crippen molar-refractivity contribution in [2.45, 2.75) is 147 Å². The number of piperidine rings is 1. The Kier molecular flexibility index (Phi) is 14.2. The van der Waals surface area contributed by atoms with Crippen LogP contribution in [0.3, 0.4) is 0 Å². The Morgan fingerprint density at radius 2 is 1.70 bits per heavy atom. The van der Waals surface area contributed by atoms with Crippen LogP contribution < -0.4 is 10.7 Å². The number of hydrogen-bond acceptors (Lipinski definition) is 13. The molecule has 1 unspecified atom stereocenters. The van der Waals surface area contributed by atoms with Gasteiger partial charge in [-0.2, -0.15) is 0 Å². The molecule has 7 atom stereocenters. The van der Waals surface area contributed by atoms with E-state index in [-0.39, 0.29) is 60.7 Å². The highest BCUT2D eigenvalue weighted by Crippen LogP contribution is 2.53. The highest BCUT2D eigenvalue weighted by molar-refractivity contribution is 7.10. The van der Waals surface area contributed by atoms with Gasteiger partial charge in [0.25, 0.3) is 5.91 Å². The molecule has 2 aliphatic carbocycles. The number of ether oxygens (including phenoxy) is 5. The number of thiazole rings is 1. The van der Waals surface area contributed by atoms with E-state index in [0.29, 0.717) is 63.4 Å². The molecule has 17 heteroatoms. The van der Waals surface area contributed by atoms with Gasteiger partial charge in [-0.25, -0.2) is 20.0 Å². The molecule has 16 nitrogen and oxygen atoms in total. The maximum Gasteiger partial charge on any atom is 0.410 e. The van der Waals surface area contributed by atoms with Crippen molar-refractivity contribution in [3.63, 3.8) is 0 Å². The van der Waals surface area contributed by atoms with E-state index in [9.17, 15) is 19.2 Å². The van der Waals surface area contributed by atoms with E-state index in [0.717, 1.165) is 63.1 Å². The number of methoxy groups -OCH3 is 1. The second kappa shape index (κ2) is 21.1. The summed E-state index contributed by atoms with van der Waals surface area (Å²) in [6.07, 6.45) is 5.50. The number of esters is 1. The predicted molar refractivity (Wildman–Crippen MR) is 300 cm³/mol. The third-order valence-corrected chi connectivity index (χ3v) is 18.4. The van der Waals surface area contributed by atoms with Crippen LogP contribution in [0.15, 0.2) is 84.4 Å². The molecule has 79 heavy (non-hydrogen) atoms. The van der Waals surface area contributed by atoms with Crippen LogP contribution in [-0.4, -0.2) is 118 Å². The van der Waals surface area contributed by atoms with Crippen LogP contribution in [0.5, 0.6) is 0 Å². The Labute approximate surface area is 465 Å². The second-order valence-electron chi connectivity index (χ2n) is 23.7. The molecular weight excluding hydrogens is 1020 g/mol. The van der Waals surface area contributed by atoms with Crippen LogP contribution in [0.2, 0.25) is 0 Å². The van der Waals surface area contributed by atoms with Gasteiger partial charge in [0.1, 0.15) is 24.3 Å². The summed E-state index contributed by atoms with van der Waals surface area (Å²) in [7, 11) is 1.72. The maximum atomic E-state index is 14.5. The van der Waals surface area contributed by atoms with Crippen molar-refractivity contribution >= 4 is 46.3 Å². The molecule has 7 heterocycles. The number of aromatic nitrogens is 3. The number of pyridine rings is 1. The molecule has 1 spiro atoms. The molecule has 6 aromatic rings. The van der Waals surface area contributed by atoms with Crippen molar-refractivity contribution in [2.75, 3.05) is 40.1 Å². The van der Waals surface area contributed by atoms with Gasteiger partial charge >= 0.3 is 18.2 Å². The number of fused-ring (bicyclic) bond motifs is 11. The first-order chi connectivity index (χ1) is 38.1. The molecule has 12 rings (SSSR count). The van der Waals surface area contributed by atoms with E-state index in [2.05, 4.69) is 95.0 Å². The normalized spacial score (nSPS) is 24.1. The summed E-state index contributed by atoms with van der Waals surface area (Å²) in [4.78, 5) is 68.7. The van der Waals surface area contributed by atoms with Gasteiger partial charge in [-0.3, -0.25) is 24.5 Å². The van der Waals surface area contributed by atoms with Crippen molar-refractivity contribution < 1.29 is 42.9 Å². The largest absolute Gasteiger partial charge is 0.464 e. The van der Waals surface area contributed by atoms with Crippen LogP contribution >= 0.6 is 11.3 Å². The first-order valence-corrected chi connectivity index (χ1v) is 29.1. The Bertz CT molecular complexity index is 3280. The first kappa shape index (κ1) is 53.0. The van der Waals surface area contributed by atoms with E-state index in [1.165, 1.54) is 38.6 Å². The number of aryl methyl sites for hydroxylation is 1. The Morgan fingerprint density at radius 1 is 0.975 bits per heavy atom. The summed E-state index contributed by atoms with van der Waals surface area (Å²) in [5, 5.41) is 8.08. The van der Waals surface area contributed by atoms with Gasteiger partial charge in [0.2, 0.25) is 0 Å². The minimum atomic E-state index is -1.05. The average molecular weight is 1090 g/mol. The van der Waals surface area contributed by atoms with Crippen molar-refractivity contribution in [3.05, 3.63) is 117 Å². The Hall–Kier alpha value is -6.66. The zero-order valence-electron chi connectivity index (χ0n) is 46.2. The molecule has 2 N–H and O–H groups in total. The number of amides is 3. The molecule has 3 aromatic carbocycles. The quantitative estimate of drug-likeness (QED) is 0.109. The number of nitrogens with zero attached hydrogens (tertiary/aromatic N) is 5. The second-order valence-corrected chi connectivity index (χ2v) is 24.6. The molecule has 4 aliphatic heterocycles. The van der Waals surface area contributed by atoms with Gasteiger partial charge < -0.3 is 33.6 Å². The number of alkyl carbamates (subject to hydrolysis) is 1. The summed E-state index contributed by atoms with van der Waals surface area (Å²) in [5.41, 5.74) is 14.7. The summed E-state index contributed by atoms with van der Waals surface area (Å²) in [6.45, 7) is 13.8. The first-order valence-electron chi connectivity index (χ1n) is 28.2. The molecule has 8 bridgehead atoms. The third-order valence-electron chi connectivity index (χ3n) is 17.4. The van der Waals surface area contributed by atoms with E-state index < -0.39 is 35.7 Å². The van der Waals surface area contributed by atoms with Gasteiger partial charge in [0.15, 0.2) is 0 Å². The number of rotatable bonds is 8. The van der Waals surface area contributed by atoms with Crippen molar-refractivity contribution in [1.82, 2.24) is 35.2 Å². The van der Waals surface area contributed by atoms with Crippen LogP contribution in [-0.2, 0) is 46.2 Å². The van der Waals surface area contributed by atoms with Crippen LogP contribution in [0.1, 0.15) is 137 Å². The summed E-state index contributed by atoms with van der Waals surface area (Å²) in [6, 6.07) is 23.5. The number of cyclic esters (lactones) is 1. The molecule has 1 saturated carbocycles. The smallest absolute Gasteiger partial charge is 0.410 e. The standard InChI is InChI=1S/C62H71N7O9S/c1-8-67-52-20-19-37-26-46(52)48(28-62(21-22-62)34-77-58(71)50-18-13-23-68(66-50)57(70)53(65-59(72)78-61(4,5)6)35(2)56-64-51(37)33-79-56)55(67)47-27-39(29-63-54(47)36(3)74-7)38-24-40-30-75-31-41(25-38)69(40)60(73)76-32-49-44-16-11-9-14-42(44)43-15-10-12-17-45(43)49/h9-12,14-17,19-20,26-27,29,33,35-36,38,40-41,49-50,53,66H,8,13,18,21-25,28,30-32,34H2,1-7H3,(H,65,72)/t35-,36-,38?,40-,41+,50-,53-/m0/s1. The fraction of sp³-hybridized carbons (Fsp3) is 0.484. The number of benzene rings is 3. The lowest BCUT2D eigenvalue weighted by molar-refractivity contribution is -0.154. The average Bonchev–Trinajstić information content (AvgIpc) is 4.02. The summed E-state index contributed by atoms with van der Waals surface area (Å²) in [5.74, 6) is -1.30. The van der Waals surface area contributed by atoms with E-state index >= 15 is 0 Å². The van der Waals surface area contributed by atoms with Gasteiger partial charge in [0.05, 0.1) is 60.1 Å². The number of carbonyl (C=O) groups excluding carboxylic acids is 4. The fourth-order valence-electron chi connectivity index (χ4n) is 13.0. The van der Waals surface area contributed by atoms with E-state index in [1.807, 2.05) is 30.3 Å². The number of nitrogens with one attached hydrogen (secondary N) is 2. The third kappa shape index (κ3) is 10.1. The molecular formula is C62H71N7O9S. The zero-order chi connectivity index (χ0) is 54.9. The van der Waals surface area contributed by atoms with Crippen LogP contribution in [0.25, 0.3) is 44.5 Å². The monoisotopic (exact) mass is 1090 g/mol. The van der Waals surface area contributed by atoms with Crippen LogP contribution in [0.4, 0.5) is 9.59 Å². The molecule has 3 aromatic heterocycles. The molecule has 3 amide bonds. The highest BCUT2D eigenvalue weighted by Gasteiger charge is 2.48. The Morgan fingerprint density at radius 3 is 2.38 bits per heavy atom. The number of hydrogen-bond donors (Lipinski definition) is 2. The van der Waals surface area contributed by atoms with Crippen molar-refractivity contribution in [2.24, 2.45) is 5.41 Å². The zero-order valence-corrected chi connectivity index (χ0v) is 47.0. The highest BCUT2D eigenvalue weighted by atomic mass is 32.1. The lowest BCUT2D eigenvalue weighted by atomic mass is 9.80. The molecule has 6 aliphatic rings. The van der Waals surface area contributed by atoms with Gasteiger partial charge in [-0.1, -0.05) is 61.5 Å². The summed E-state index contributed by atoms with van der Waals surface area (Å²) < 4.78 is 32.9. The van der Waals surface area contributed by atoms with Gasteiger partial charge in [-0.05, 0) is 137 Å².